The lowest BCUT2D eigenvalue weighted by Crippen LogP contribution is -1.92. The van der Waals surface area contributed by atoms with E-state index in [1.54, 1.807) is 14.0 Å². The summed E-state index contributed by atoms with van der Waals surface area (Å²) in [5, 5.41) is 11.7. The summed E-state index contributed by atoms with van der Waals surface area (Å²) in [4.78, 5) is 0. The van der Waals surface area contributed by atoms with Gasteiger partial charge in [-0.05, 0) is 37.1 Å². The molecule has 80 valence electrons. The second-order valence-corrected chi connectivity index (χ2v) is 3.29. The Morgan fingerprint density at radius 3 is 2.33 bits per heavy atom. The molecule has 0 bridgehead atoms. The number of benzene rings is 1. The van der Waals surface area contributed by atoms with Crippen molar-refractivity contribution in [3.8, 4) is 5.75 Å². The summed E-state index contributed by atoms with van der Waals surface area (Å²) in [5.41, 5.74) is 2.60. The molecule has 3 nitrogen and oxygen atoms in total. The van der Waals surface area contributed by atoms with Crippen molar-refractivity contribution in [1.82, 2.24) is 0 Å². The number of hydrogen-bond donors (Lipinski definition) is 1. The second kappa shape index (κ2) is 5.20. The zero-order chi connectivity index (χ0) is 11.3. The lowest BCUT2D eigenvalue weighted by molar-refractivity contribution is 0.319. The van der Waals surface area contributed by atoms with Gasteiger partial charge >= 0.3 is 0 Å². The standard InChI is InChI=1S/C12H15NO2/c1-9(10(2)13-14)8-11-4-6-12(15-3)7-5-11/h4-8,14H,1-3H3/b9-8-,13-10+. The molecule has 0 aliphatic heterocycles. The summed E-state index contributed by atoms with van der Waals surface area (Å²) < 4.78 is 5.06. The Bertz CT molecular complexity index is 377. The van der Waals surface area contributed by atoms with Gasteiger partial charge in [-0.3, -0.25) is 0 Å². The first-order chi connectivity index (χ1) is 7.17. The first-order valence-corrected chi connectivity index (χ1v) is 4.68. The lowest BCUT2D eigenvalue weighted by Gasteiger charge is -2.01. The lowest BCUT2D eigenvalue weighted by atomic mass is 10.1. The van der Waals surface area contributed by atoms with E-state index in [-0.39, 0.29) is 0 Å². The van der Waals surface area contributed by atoms with Crippen LogP contribution in [0.2, 0.25) is 0 Å². The fourth-order valence-electron chi connectivity index (χ4n) is 1.13. The van der Waals surface area contributed by atoms with Gasteiger partial charge in [0.2, 0.25) is 0 Å². The van der Waals surface area contributed by atoms with E-state index in [0.29, 0.717) is 5.71 Å². The van der Waals surface area contributed by atoms with Gasteiger partial charge in [-0.1, -0.05) is 23.4 Å². The minimum Gasteiger partial charge on any atom is -0.497 e. The number of hydrogen-bond acceptors (Lipinski definition) is 3. The summed E-state index contributed by atoms with van der Waals surface area (Å²) in [6.45, 7) is 3.66. The molecular formula is C12H15NO2. The molecule has 0 saturated carbocycles. The van der Waals surface area contributed by atoms with Crippen molar-refractivity contribution in [3.05, 3.63) is 35.4 Å². The van der Waals surface area contributed by atoms with Gasteiger partial charge in [0, 0.05) is 0 Å². The van der Waals surface area contributed by atoms with Gasteiger partial charge in [-0.25, -0.2) is 0 Å². The summed E-state index contributed by atoms with van der Waals surface area (Å²) in [5.74, 6) is 0.831. The Balaban J connectivity index is 2.89. The van der Waals surface area contributed by atoms with E-state index in [9.17, 15) is 0 Å². The fourth-order valence-corrected chi connectivity index (χ4v) is 1.13. The predicted molar refractivity (Wildman–Crippen MR) is 61.5 cm³/mol. The van der Waals surface area contributed by atoms with Crippen LogP contribution in [-0.4, -0.2) is 18.0 Å². The van der Waals surface area contributed by atoms with Crippen LogP contribution in [0.15, 0.2) is 35.0 Å². The molecule has 1 aromatic rings. The molecule has 1 N–H and O–H groups in total. The Labute approximate surface area is 89.7 Å². The zero-order valence-electron chi connectivity index (χ0n) is 9.19. The van der Waals surface area contributed by atoms with Crippen LogP contribution in [0.25, 0.3) is 6.08 Å². The number of methoxy groups -OCH3 is 1. The topological polar surface area (TPSA) is 41.8 Å². The van der Waals surface area contributed by atoms with Crippen LogP contribution >= 0.6 is 0 Å². The number of oxime groups is 1. The van der Waals surface area contributed by atoms with Crippen molar-refractivity contribution < 1.29 is 9.94 Å². The van der Waals surface area contributed by atoms with E-state index in [1.807, 2.05) is 37.3 Å². The Hall–Kier alpha value is -1.77. The molecule has 0 aliphatic rings. The van der Waals surface area contributed by atoms with Crippen molar-refractivity contribution in [1.29, 1.82) is 0 Å². The predicted octanol–water partition coefficient (Wildman–Crippen LogP) is 2.95. The summed E-state index contributed by atoms with van der Waals surface area (Å²) >= 11 is 0. The minimum absolute atomic E-state index is 0.616. The van der Waals surface area contributed by atoms with Crippen LogP contribution in [0.5, 0.6) is 5.75 Å². The minimum atomic E-state index is 0.616. The quantitative estimate of drug-likeness (QED) is 0.468. The number of nitrogens with zero attached hydrogens (tertiary/aromatic N) is 1. The van der Waals surface area contributed by atoms with Crippen LogP contribution in [0.4, 0.5) is 0 Å². The Morgan fingerprint density at radius 1 is 1.27 bits per heavy atom. The highest BCUT2D eigenvalue weighted by molar-refractivity contribution is 6.01. The largest absolute Gasteiger partial charge is 0.497 e. The highest BCUT2D eigenvalue weighted by Gasteiger charge is 1.96. The average molecular weight is 205 g/mol. The van der Waals surface area contributed by atoms with E-state index in [1.165, 1.54) is 0 Å². The molecule has 1 rings (SSSR count). The van der Waals surface area contributed by atoms with Gasteiger partial charge in [-0.2, -0.15) is 0 Å². The molecule has 0 atom stereocenters. The van der Waals surface area contributed by atoms with E-state index < -0.39 is 0 Å². The number of ether oxygens (including phenoxy) is 1. The van der Waals surface area contributed by atoms with Crippen LogP contribution in [0, 0.1) is 0 Å². The molecule has 0 heterocycles. The molecule has 0 unspecified atom stereocenters. The molecule has 1 aromatic carbocycles. The van der Waals surface area contributed by atoms with Crippen molar-refractivity contribution in [2.45, 2.75) is 13.8 Å². The van der Waals surface area contributed by atoms with Crippen LogP contribution in [-0.2, 0) is 0 Å². The third-order valence-electron chi connectivity index (χ3n) is 2.22. The van der Waals surface area contributed by atoms with Crippen LogP contribution in [0.3, 0.4) is 0 Å². The van der Waals surface area contributed by atoms with Gasteiger partial charge in [0.25, 0.3) is 0 Å². The smallest absolute Gasteiger partial charge is 0.118 e. The number of allylic oxidation sites excluding steroid dienone is 1. The third kappa shape index (κ3) is 3.13. The molecule has 0 saturated heterocycles. The van der Waals surface area contributed by atoms with Gasteiger partial charge in [0.05, 0.1) is 12.8 Å². The van der Waals surface area contributed by atoms with E-state index in [2.05, 4.69) is 5.16 Å². The van der Waals surface area contributed by atoms with Crippen molar-refractivity contribution in [2.24, 2.45) is 5.16 Å². The van der Waals surface area contributed by atoms with Gasteiger partial charge < -0.3 is 9.94 Å². The fraction of sp³-hybridized carbons (Fsp3) is 0.250. The average Bonchev–Trinajstić information content (AvgIpc) is 2.29. The van der Waals surface area contributed by atoms with Gasteiger partial charge in [0.15, 0.2) is 0 Å². The molecule has 0 aliphatic carbocycles. The summed E-state index contributed by atoms with van der Waals surface area (Å²) in [6, 6.07) is 7.69. The van der Waals surface area contributed by atoms with Crippen LogP contribution in [0.1, 0.15) is 19.4 Å². The molecule has 0 spiro atoms. The summed E-state index contributed by atoms with van der Waals surface area (Å²) in [6.07, 6.45) is 1.95. The third-order valence-corrected chi connectivity index (χ3v) is 2.22. The Kier molecular flexibility index (Phi) is 3.92. The highest BCUT2D eigenvalue weighted by Crippen LogP contribution is 2.14. The molecular weight excluding hydrogens is 190 g/mol. The second-order valence-electron chi connectivity index (χ2n) is 3.29. The molecule has 0 aromatic heterocycles. The molecule has 15 heavy (non-hydrogen) atoms. The maximum atomic E-state index is 8.59. The zero-order valence-corrected chi connectivity index (χ0v) is 9.19. The normalized spacial score (nSPS) is 12.7. The SMILES string of the molecule is COc1ccc(/C=C(C)\C(C)=N\O)cc1. The van der Waals surface area contributed by atoms with Crippen molar-refractivity contribution in [3.63, 3.8) is 0 Å². The summed E-state index contributed by atoms with van der Waals surface area (Å²) in [7, 11) is 1.64. The molecule has 0 amide bonds. The van der Waals surface area contributed by atoms with Gasteiger partial charge in [0.1, 0.15) is 5.75 Å². The molecule has 0 radical (unpaired) electrons. The van der Waals surface area contributed by atoms with Crippen molar-refractivity contribution >= 4 is 11.8 Å². The van der Waals surface area contributed by atoms with E-state index in [0.717, 1.165) is 16.9 Å². The van der Waals surface area contributed by atoms with Gasteiger partial charge in [-0.15, -0.1) is 0 Å². The number of rotatable bonds is 3. The molecule has 3 heteroatoms. The Morgan fingerprint density at radius 2 is 1.87 bits per heavy atom. The first kappa shape index (κ1) is 11.3. The monoisotopic (exact) mass is 205 g/mol. The highest BCUT2D eigenvalue weighted by atomic mass is 16.5. The van der Waals surface area contributed by atoms with E-state index >= 15 is 0 Å². The maximum absolute atomic E-state index is 8.59. The van der Waals surface area contributed by atoms with Crippen LogP contribution < -0.4 is 4.74 Å². The van der Waals surface area contributed by atoms with E-state index in [4.69, 9.17) is 9.94 Å². The maximum Gasteiger partial charge on any atom is 0.118 e. The van der Waals surface area contributed by atoms with Crippen molar-refractivity contribution in [2.75, 3.05) is 7.11 Å². The first-order valence-electron chi connectivity index (χ1n) is 4.68. The molecule has 0 fully saturated rings.